The first-order chi connectivity index (χ1) is 6.97. The minimum Gasteiger partial charge on any atom is -0.506 e. The monoisotopic (exact) mass is 273 g/mol. The number of hydrogen-bond acceptors (Lipinski definition) is 3. The number of phenols is 1. The molecule has 0 bridgehead atoms. The highest BCUT2D eigenvalue weighted by Crippen LogP contribution is 2.32. The summed E-state index contributed by atoms with van der Waals surface area (Å²) in [5.41, 5.74) is -0.0585. The van der Waals surface area contributed by atoms with Gasteiger partial charge in [0.25, 0.3) is 0 Å². The molecule has 1 aromatic carbocycles. The maximum absolute atomic E-state index is 13.2. The first-order valence-electron chi connectivity index (χ1n) is 4.25. The molecule has 0 fully saturated rings. The standard InChI is InChI=1S/C10H9BrFNO2/c1-5(14)2-6-8(11)3-9(12)7(4-13)10(6)15/h3,5,14-15H,2H2,1H3. The second kappa shape index (κ2) is 4.60. The molecule has 0 amide bonds. The molecule has 1 aromatic rings. The van der Waals surface area contributed by atoms with Crippen molar-refractivity contribution in [1.82, 2.24) is 0 Å². The number of rotatable bonds is 2. The molecule has 3 nitrogen and oxygen atoms in total. The fourth-order valence-electron chi connectivity index (χ4n) is 1.24. The maximum atomic E-state index is 13.2. The number of hydrogen-bond donors (Lipinski definition) is 2. The molecule has 0 aliphatic heterocycles. The Morgan fingerprint density at radius 3 is 2.73 bits per heavy atom. The topological polar surface area (TPSA) is 64.2 Å². The van der Waals surface area contributed by atoms with Gasteiger partial charge in [-0.05, 0) is 13.0 Å². The summed E-state index contributed by atoms with van der Waals surface area (Å²) < 4.78 is 13.5. The number of benzene rings is 1. The fraction of sp³-hybridized carbons (Fsp3) is 0.300. The van der Waals surface area contributed by atoms with Gasteiger partial charge in [-0.1, -0.05) is 15.9 Å². The molecule has 1 unspecified atom stereocenters. The van der Waals surface area contributed by atoms with E-state index in [1.165, 1.54) is 0 Å². The molecule has 0 heterocycles. The van der Waals surface area contributed by atoms with Crippen LogP contribution in [0.5, 0.6) is 5.75 Å². The van der Waals surface area contributed by atoms with E-state index in [0.717, 1.165) is 6.07 Å². The lowest BCUT2D eigenvalue weighted by Crippen LogP contribution is -2.06. The molecule has 80 valence electrons. The van der Waals surface area contributed by atoms with Crippen LogP contribution in [-0.2, 0) is 6.42 Å². The summed E-state index contributed by atoms with van der Waals surface area (Å²) in [5.74, 6) is -1.19. The number of phenolic OH excluding ortho intramolecular Hbond substituents is 1. The van der Waals surface area contributed by atoms with E-state index in [1.54, 1.807) is 13.0 Å². The van der Waals surface area contributed by atoms with E-state index in [4.69, 9.17) is 5.26 Å². The van der Waals surface area contributed by atoms with E-state index >= 15 is 0 Å². The molecule has 0 aliphatic rings. The summed E-state index contributed by atoms with van der Waals surface area (Å²) in [6, 6.07) is 2.68. The van der Waals surface area contributed by atoms with Gasteiger partial charge < -0.3 is 10.2 Å². The first kappa shape index (κ1) is 12.0. The molecule has 0 saturated carbocycles. The van der Waals surface area contributed by atoms with E-state index in [9.17, 15) is 14.6 Å². The number of aromatic hydroxyl groups is 1. The molecule has 5 heteroatoms. The Bertz CT molecular complexity index is 426. The number of nitrogens with zero attached hydrogens (tertiary/aromatic N) is 1. The highest BCUT2D eigenvalue weighted by atomic mass is 79.9. The van der Waals surface area contributed by atoms with Gasteiger partial charge in [-0.15, -0.1) is 0 Å². The van der Waals surface area contributed by atoms with Crippen LogP contribution in [0.2, 0.25) is 0 Å². The van der Waals surface area contributed by atoms with Crippen molar-refractivity contribution in [3.05, 3.63) is 27.5 Å². The number of nitriles is 1. The van der Waals surface area contributed by atoms with Crippen LogP contribution in [0.1, 0.15) is 18.1 Å². The average Bonchev–Trinajstić information content (AvgIpc) is 2.12. The minimum atomic E-state index is -0.781. The molecule has 0 saturated heterocycles. The van der Waals surface area contributed by atoms with Gasteiger partial charge in [0.05, 0.1) is 6.10 Å². The molecule has 0 aromatic heterocycles. The maximum Gasteiger partial charge on any atom is 0.145 e. The smallest absolute Gasteiger partial charge is 0.145 e. The van der Waals surface area contributed by atoms with Crippen LogP contribution in [0.3, 0.4) is 0 Å². The summed E-state index contributed by atoms with van der Waals surface area (Å²) in [6.45, 7) is 1.54. The average molecular weight is 274 g/mol. The lowest BCUT2D eigenvalue weighted by atomic mass is 10.0. The Balaban J connectivity index is 3.34. The van der Waals surface area contributed by atoms with E-state index in [-0.39, 0.29) is 6.42 Å². The van der Waals surface area contributed by atoms with Gasteiger partial charge in [0.15, 0.2) is 0 Å². The van der Waals surface area contributed by atoms with Gasteiger partial charge in [-0.3, -0.25) is 0 Å². The summed E-state index contributed by atoms with van der Waals surface area (Å²) in [7, 11) is 0. The quantitative estimate of drug-likeness (QED) is 0.867. The molecule has 1 atom stereocenters. The lowest BCUT2D eigenvalue weighted by Gasteiger charge is -2.10. The summed E-state index contributed by atoms with van der Waals surface area (Å²) in [4.78, 5) is 0. The lowest BCUT2D eigenvalue weighted by molar-refractivity contribution is 0.194. The van der Waals surface area contributed by atoms with Crippen molar-refractivity contribution in [2.75, 3.05) is 0 Å². The molecule has 0 spiro atoms. The van der Waals surface area contributed by atoms with Crippen LogP contribution in [-0.4, -0.2) is 16.3 Å². The van der Waals surface area contributed by atoms with Crippen molar-refractivity contribution in [1.29, 1.82) is 5.26 Å². The van der Waals surface area contributed by atoms with Crippen LogP contribution in [0.25, 0.3) is 0 Å². The number of aliphatic hydroxyl groups excluding tert-OH is 1. The normalized spacial score (nSPS) is 12.2. The molecule has 2 N–H and O–H groups in total. The fourth-order valence-corrected chi connectivity index (χ4v) is 1.79. The molecule has 15 heavy (non-hydrogen) atoms. The number of halogens is 2. The summed E-state index contributed by atoms with van der Waals surface area (Å²) in [5, 5.41) is 27.4. The highest BCUT2D eigenvalue weighted by Gasteiger charge is 2.17. The minimum absolute atomic E-state index is 0.154. The number of aliphatic hydroxyl groups is 1. The second-order valence-corrected chi connectivity index (χ2v) is 4.06. The zero-order valence-corrected chi connectivity index (χ0v) is 9.55. The molecular formula is C10H9BrFNO2. The van der Waals surface area contributed by atoms with Gasteiger partial charge >= 0.3 is 0 Å². The Morgan fingerprint density at radius 1 is 1.67 bits per heavy atom. The Hall–Kier alpha value is -1.12. The van der Waals surface area contributed by atoms with Gasteiger partial charge in [-0.25, -0.2) is 4.39 Å². The van der Waals surface area contributed by atoms with Crippen LogP contribution in [0.15, 0.2) is 10.5 Å². The Kier molecular flexibility index (Phi) is 3.66. The van der Waals surface area contributed by atoms with Gasteiger partial charge in [0, 0.05) is 16.5 Å². The van der Waals surface area contributed by atoms with Crippen molar-refractivity contribution in [2.24, 2.45) is 0 Å². The van der Waals surface area contributed by atoms with E-state index in [0.29, 0.717) is 10.0 Å². The zero-order chi connectivity index (χ0) is 11.6. The SMILES string of the molecule is CC(O)Cc1c(Br)cc(F)c(C#N)c1O. The van der Waals surface area contributed by atoms with Crippen molar-refractivity contribution in [3.63, 3.8) is 0 Å². The molecule has 0 radical (unpaired) electrons. The molecule has 1 rings (SSSR count). The van der Waals surface area contributed by atoms with Crippen molar-refractivity contribution in [2.45, 2.75) is 19.4 Å². The van der Waals surface area contributed by atoms with Crippen LogP contribution >= 0.6 is 15.9 Å². The third-order valence-corrected chi connectivity index (χ3v) is 2.62. The summed E-state index contributed by atoms with van der Waals surface area (Å²) >= 11 is 3.07. The van der Waals surface area contributed by atoms with Crippen molar-refractivity contribution < 1.29 is 14.6 Å². The highest BCUT2D eigenvalue weighted by molar-refractivity contribution is 9.10. The van der Waals surface area contributed by atoms with E-state index in [1.807, 2.05) is 0 Å². The van der Waals surface area contributed by atoms with E-state index in [2.05, 4.69) is 15.9 Å². The third kappa shape index (κ3) is 2.46. The van der Waals surface area contributed by atoms with E-state index < -0.39 is 23.2 Å². The largest absolute Gasteiger partial charge is 0.506 e. The van der Waals surface area contributed by atoms with Gasteiger partial charge in [-0.2, -0.15) is 5.26 Å². The summed E-state index contributed by atoms with van der Waals surface area (Å²) in [6.07, 6.45) is -0.523. The predicted molar refractivity (Wildman–Crippen MR) is 55.9 cm³/mol. The zero-order valence-electron chi connectivity index (χ0n) is 7.96. The van der Waals surface area contributed by atoms with Crippen molar-refractivity contribution in [3.8, 4) is 11.8 Å². The Labute approximate surface area is 94.9 Å². The first-order valence-corrected chi connectivity index (χ1v) is 5.04. The van der Waals surface area contributed by atoms with Gasteiger partial charge in [0.1, 0.15) is 23.2 Å². The predicted octanol–water partition coefficient (Wildman–Crippen LogP) is 2.09. The van der Waals surface area contributed by atoms with Crippen LogP contribution < -0.4 is 0 Å². The molecular weight excluding hydrogens is 265 g/mol. The van der Waals surface area contributed by atoms with Crippen LogP contribution in [0.4, 0.5) is 4.39 Å². The third-order valence-electron chi connectivity index (χ3n) is 1.91. The van der Waals surface area contributed by atoms with Gasteiger partial charge in [0.2, 0.25) is 0 Å². The van der Waals surface area contributed by atoms with Crippen LogP contribution in [0, 0.1) is 17.1 Å². The Morgan fingerprint density at radius 2 is 2.27 bits per heavy atom. The molecule has 0 aliphatic carbocycles. The second-order valence-electron chi connectivity index (χ2n) is 3.21. The van der Waals surface area contributed by atoms with Crippen molar-refractivity contribution >= 4 is 15.9 Å².